The van der Waals surface area contributed by atoms with Crippen molar-refractivity contribution in [1.29, 1.82) is 0 Å². The van der Waals surface area contributed by atoms with E-state index in [0.717, 1.165) is 20.3 Å². The molecule has 0 amide bonds. The van der Waals surface area contributed by atoms with Crippen molar-refractivity contribution < 1.29 is 0 Å². The van der Waals surface area contributed by atoms with Gasteiger partial charge < -0.3 is 5.09 Å². The van der Waals surface area contributed by atoms with E-state index in [4.69, 9.17) is 0 Å². The van der Waals surface area contributed by atoms with Gasteiger partial charge in [-0.1, -0.05) is 35.9 Å². The summed E-state index contributed by atoms with van der Waals surface area (Å²) in [7, 11) is 2.95. The summed E-state index contributed by atoms with van der Waals surface area (Å²) in [6.45, 7) is 6.87. The Hall–Kier alpha value is 0.390. The molecule has 9 heavy (non-hydrogen) atoms. The topological polar surface area (TPSA) is 12.0 Å². The predicted molar refractivity (Wildman–Crippen MR) is 46.3 cm³/mol. The number of hydrogen-bond donors (Lipinski definition) is 1. The van der Waals surface area contributed by atoms with Crippen molar-refractivity contribution >= 4 is 8.73 Å². The van der Waals surface area contributed by atoms with Crippen molar-refractivity contribution in [2.45, 2.75) is 32.9 Å². The van der Waals surface area contributed by atoms with Crippen LogP contribution in [0.15, 0.2) is 0 Å². The van der Waals surface area contributed by atoms with Crippen LogP contribution < -0.4 is 5.09 Å². The second-order valence-corrected chi connectivity index (χ2v) is 4.27. The molecule has 3 unspecified atom stereocenters. The first kappa shape index (κ1) is 9.39. The summed E-state index contributed by atoms with van der Waals surface area (Å²) in [5, 5.41) is 3.21. The lowest BCUT2D eigenvalue weighted by molar-refractivity contribution is 0.553. The van der Waals surface area contributed by atoms with Crippen LogP contribution in [0.1, 0.15) is 27.2 Å². The molecule has 1 nitrogen and oxygen atoms in total. The van der Waals surface area contributed by atoms with E-state index in [0.29, 0.717) is 0 Å². The molecule has 0 saturated heterocycles. The molecule has 0 aromatic heterocycles. The lowest BCUT2D eigenvalue weighted by Gasteiger charge is -2.16. The van der Waals surface area contributed by atoms with Gasteiger partial charge in [0.2, 0.25) is 0 Å². The van der Waals surface area contributed by atoms with Crippen molar-refractivity contribution in [3.8, 4) is 0 Å². The molecule has 1 N–H and O–H groups in total. The Morgan fingerprint density at radius 3 is 2.33 bits per heavy atom. The van der Waals surface area contributed by atoms with E-state index >= 15 is 0 Å². The molecule has 2 heteroatoms. The second-order valence-electron chi connectivity index (χ2n) is 2.57. The molecule has 0 saturated carbocycles. The van der Waals surface area contributed by atoms with E-state index < -0.39 is 0 Å². The molecule has 0 aromatic carbocycles. The quantitative estimate of drug-likeness (QED) is 0.601. The molecule has 0 rings (SSSR count). The normalized spacial score (nSPS) is 18.7. The molecule has 0 spiro atoms. The molecular formula is C7H18NP. The Kier molecular flexibility index (Phi) is 5.42. The molecule has 0 fully saturated rings. The Labute approximate surface area is 60.4 Å². The van der Waals surface area contributed by atoms with Gasteiger partial charge in [-0.3, -0.25) is 0 Å². The van der Waals surface area contributed by atoms with Crippen LogP contribution in [0.5, 0.6) is 0 Å². The molecule has 56 valence electrons. The molecule has 0 aromatic rings. The average molecular weight is 147 g/mol. The van der Waals surface area contributed by atoms with E-state index in [9.17, 15) is 0 Å². The monoisotopic (exact) mass is 147 g/mol. The van der Waals surface area contributed by atoms with E-state index in [2.05, 4.69) is 25.9 Å². The third-order valence-corrected chi connectivity index (χ3v) is 3.18. The fraction of sp³-hybridized carbons (Fsp3) is 1.00. The maximum Gasteiger partial charge on any atom is -0.0109 e. The summed E-state index contributed by atoms with van der Waals surface area (Å²) < 4.78 is 0. The second kappa shape index (κ2) is 5.20. The van der Waals surface area contributed by atoms with Gasteiger partial charge in [0.25, 0.3) is 0 Å². The largest absolute Gasteiger partial charge is 0.301 e. The highest BCUT2D eigenvalue weighted by Crippen LogP contribution is 2.22. The fourth-order valence-corrected chi connectivity index (χ4v) is 1.70. The lowest BCUT2D eigenvalue weighted by atomic mass is 10.1. The molecular weight excluding hydrogens is 129 g/mol. The highest BCUT2D eigenvalue weighted by atomic mass is 31.1. The minimum atomic E-state index is 0.847. The summed E-state index contributed by atoms with van der Waals surface area (Å²) >= 11 is 0. The van der Waals surface area contributed by atoms with Crippen molar-refractivity contribution in [3.05, 3.63) is 0 Å². The van der Waals surface area contributed by atoms with Gasteiger partial charge >= 0.3 is 0 Å². The smallest absolute Gasteiger partial charge is 0.0109 e. The highest BCUT2D eigenvalue weighted by molar-refractivity contribution is 7.36. The first-order chi connectivity index (χ1) is 4.22. The standard InChI is InChI=1S/C7H18NP/c1-5-6(2)7(3)9-8-4/h6-9H,5H2,1-4H3. The van der Waals surface area contributed by atoms with Crippen LogP contribution in [0, 0.1) is 5.92 Å². The van der Waals surface area contributed by atoms with Gasteiger partial charge in [0.1, 0.15) is 0 Å². The van der Waals surface area contributed by atoms with Gasteiger partial charge in [-0.2, -0.15) is 0 Å². The Morgan fingerprint density at radius 2 is 2.00 bits per heavy atom. The van der Waals surface area contributed by atoms with E-state index in [1.54, 1.807) is 0 Å². The number of hydrogen-bond acceptors (Lipinski definition) is 1. The zero-order valence-corrected chi connectivity index (χ0v) is 7.86. The molecule has 0 aliphatic rings. The third kappa shape index (κ3) is 3.89. The fourth-order valence-electron chi connectivity index (χ4n) is 0.723. The average Bonchev–Trinajstić information content (AvgIpc) is 1.87. The van der Waals surface area contributed by atoms with Gasteiger partial charge in [0.05, 0.1) is 0 Å². The van der Waals surface area contributed by atoms with E-state index in [1.165, 1.54) is 6.42 Å². The summed E-state index contributed by atoms with van der Waals surface area (Å²) in [5.41, 5.74) is 0.847. The van der Waals surface area contributed by atoms with Crippen molar-refractivity contribution in [3.63, 3.8) is 0 Å². The molecule has 3 atom stereocenters. The SMILES string of the molecule is CCC(C)C(C)PNC. The van der Waals surface area contributed by atoms with Crippen molar-refractivity contribution in [2.75, 3.05) is 7.05 Å². The van der Waals surface area contributed by atoms with Gasteiger partial charge in [0.15, 0.2) is 0 Å². The third-order valence-electron chi connectivity index (χ3n) is 1.87. The maximum absolute atomic E-state index is 3.21. The number of nitrogens with one attached hydrogen (secondary N) is 1. The van der Waals surface area contributed by atoms with Crippen LogP contribution in [0.4, 0.5) is 0 Å². The summed E-state index contributed by atoms with van der Waals surface area (Å²) in [6, 6.07) is 0. The lowest BCUT2D eigenvalue weighted by Crippen LogP contribution is -2.10. The molecule has 0 bridgehead atoms. The Balaban J connectivity index is 3.32. The van der Waals surface area contributed by atoms with Crippen LogP contribution in [0.3, 0.4) is 0 Å². The Bertz CT molecular complexity index is 65.9. The van der Waals surface area contributed by atoms with Crippen LogP contribution in [-0.4, -0.2) is 12.7 Å². The van der Waals surface area contributed by atoms with Gasteiger partial charge in [-0.05, 0) is 18.6 Å². The summed E-state index contributed by atoms with van der Waals surface area (Å²) in [4.78, 5) is 0. The van der Waals surface area contributed by atoms with Crippen molar-refractivity contribution in [1.82, 2.24) is 5.09 Å². The predicted octanol–water partition coefficient (Wildman–Crippen LogP) is 2.23. The van der Waals surface area contributed by atoms with Crippen LogP contribution in [-0.2, 0) is 0 Å². The van der Waals surface area contributed by atoms with Gasteiger partial charge in [-0.25, -0.2) is 0 Å². The van der Waals surface area contributed by atoms with Crippen LogP contribution in [0.25, 0.3) is 0 Å². The molecule has 0 aliphatic heterocycles. The first-order valence-electron chi connectivity index (χ1n) is 3.64. The van der Waals surface area contributed by atoms with Crippen LogP contribution >= 0.6 is 8.73 Å². The van der Waals surface area contributed by atoms with E-state index in [-0.39, 0.29) is 0 Å². The highest BCUT2D eigenvalue weighted by Gasteiger charge is 2.07. The molecule has 0 radical (unpaired) electrons. The number of rotatable bonds is 4. The van der Waals surface area contributed by atoms with E-state index in [1.807, 2.05) is 7.05 Å². The summed E-state index contributed by atoms with van der Waals surface area (Å²) in [5.74, 6) is 0.871. The van der Waals surface area contributed by atoms with Crippen molar-refractivity contribution in [2.24, 2.45) is 5.92 Å². The molecule has 0 heterocycles. The summed E-state index contributed by atoms with van der Waals surface area (Å²) in [6.07, 6.45) is 1.30. The minimum absolute atomic E-state index is 0.847. The van der Waals surface area contributed by atoms with Crippen LogP contribution in [0.2, 0.25) is 0 Å². The maximum atomic E-state index is 3.21. The zero-order chi connectivity index (χ0) is 7.28. The Morgan fingerprint density at radius 1 is 1.44 bits per heavy atom. The van der Waals surface area contributed by atoms with Gasteiger partial charge in [-0.15, -0.1) is 0 Å². The zero-order valence-electron chi connectivity index (χ0n) is 6.86. The molecule has 0 aliphatic carbocycles. The minimum Gasteiger partial charge on any atom is -0.301 e. The van der Waals surface area contributed by atoms with Gasteiger partial charge in [0, 0.05) is 0 Å². The first-order valence-corrected chi connectivity index (χ1v) is 4.72.